The summed E-state index contributed by atoms with van der Waals surface area (Å²) >= 11 is 0. The third-order valence-electron chi connectivity index (χ3n) is 5.78. The number of aromatic nitrogens is 2. The molecular weight excluding hydrogens is 355 g/mol. The zero-order valence-corrected chi connectivity index (χ0v) is 14.6. The number of fused-ring (bicyclic) bond motifs is 5. The third-order valence-corrected chi connectivity index (χ3v) is 5.78. The van der Waals surface area contributed by atoms with E-state index in [1.165, 1.54) is 11.1 Å². The lowest BCUT2D eigenvalue weighted by atomic mass is 9.91. The standard InChI is InChI=1S/C19H20F3N5/c20-19(21,22)14-9-23-18(27-17(14)24-10-2-1-3-10)25-11-4-5-12-13(8-11)16-7-6-15(12)26-16/h4-5,8-10,15-16,26H,1-3,6-7H2,(H2,23,24,25,27). The molecule has 2 fully saturated rings. The Morgan fingerprint density at radius 1 is 1.04 bits per heavy atom. The Balaban J connectivity index is 1.42. The molecule has 2 aliphatic heterocycles. The van der Waals surface area contributed by atoms with Gasteiger partial charge in [-0.15, -0.1) is 0 Å². The molecular formula is C19H20F3N5. The Labute approximate surface area is 154 Å². The van der Waals surface area contributed by atoms with Gasteiger partial charge in [0.1, 0.15) is 11.4 Å². The molecule has 0 spiro atoms. The number of halogens is 3. The lowest BCUT2D eigenvalue weighted by Crippen LogP contribution is -2.29. The maximum Gasteiger partial charge on any atom is 0.421 e. The molecule has 1 aliphatic carbocycles. The van der Waals surface area contributed by atoms with Crippen LogP contribution in [0, 0.1) is 0 Å². The van der Waals surface area contributed by atoms with E-state index in [9.17, 15) is 13.2 Å². The van der Waals surface area contributed by atoms with Gasteiger partial charge in [-0.25, -0.2) is 4.98 Å². The number of nitrogens with one attached hydrogen (secondary N) is 3. The molecule has 1 saturated heterocycles. The van der Waals surface area contributed by atoms with Crippen LogP contribution in [0.1, 0.15) is 60.9 Å². The molecule has 3 heterocycles. The highest BCUT2D eigenvalue weighted by Crippen LogP contribution is 2.45. The monoisotopic (exact) mass is 375 g/mol. The van der Waals surface area contributed by atoms with E-state index in [2.05, 4.69) is 32.0 Å². The third kappa shape index (κ3) is 3.01. The molecule has 27 heavy (non-hydrogen) atoms. The predicted molar refractivity (Wildman–Crippen MR) is 95.9 cm³/mol. The summed E-state index contributed by atoms with van der Waals surface area (Å²) in [4.78, 5) is 8.02. The fourth-order valence-electron chi connectivity index (χ4n) is 4.14. The second-order valence-corrected chi connectivity index (χ2v) is 7.54. The summed E-state index contributed by atoms with van der Waals surface area (Å²) in [6.07, 6.45) is 1.40. The van der Waals surface area contributed by atoms with Gasteiger partial charge in [0.25, 0.3) is 0 Å². The molecule has 1 saturated carbocycles. The number of hydrogen-bond acceptors (Lipinski definition) is 5. The normalized spacial score (nSPS) is 23.8. The van der Waals surface area contributed by atoms with Gasteiger partial charge in [0.05, 0.1) is 0 Å². The summed E-state index contributed by atoms with van der Waals surface area (Å²) in [5, 5.41) is 9.54. The Bertz CT molecular complexity index is 878. The maximum absolute atomic E-state index is 13.3. The molecule has 142 valence electrons. The van der Waals surface area contributed by atoms with Crippen LogP contribution in [0.15, 0.2) is 24.4 Å². The van der Waals surface area contributed by atoms with Crippen LogP contribution >= 0.6 is 0 Å². The first-order chi connectivity index (χ1) is 13.0. The van der Waals surface area contributed by atoms with Crippen LogP contribution in [-0.2, 0) is 6.18 Å². The summed E-state index contributed by atoms with van der Waals surface area (Å²) in [5.41, 5.74) is 2.54. The van der Waals surface area contributed by atoms with Crippen LogP contribution in [-0.4, -0.2) is 16.0 Å². The fourth-order valence-corrected chi connectivity index (χ4v) is 4.14. The van der Waals surface area contributed by atoms with Crippen molar-refractivity contribution in [2.24, 2.45) is 0 Å². The Morgan fingerprint density at radius 3 is 2.52 bits per heavy atom. The zero-order chi connectivity index (χ0) is 18.6. The molecule has 0 radical (unpaired) electrons. The van der Waals surface area contributed by atoms with Gasteiger partial charge in [-0.05, 0) is 55.4 Å². The highest BCUT2D eigenvalue weighted by Gasteiger charge is 2.37. The molecule has 8 heteroatoms. The molecule has 2 bridgehead atoms. The molecule has 2 unspecified atom stereocenters. The van der Waals surface area contributed by atoms with Crippen molar-refractivity contribution in [2.75, 3.05) is 10.6 Å². The average Bonchev–Trinajstić information content (AvgIpc) is 3.19. The summed E-state index contributed by atoms with van der Waals surface area (Å²) in [6, 6.07) is 6.91. The predicted octanol–water partition coefficient (Wildman–Crippen LogP) is 4.68. The molecule has 5 rings (SSSR count). The number of rotatable bonds is 4. The SMILES string of the molecule is FC(F)(F)c1cnc(Nc2ccc3c(c2)C2CCC3N2)nc1NC1CCC1. The van der Waals surface area contributed by atoms with E-state index in [0.717, 1.165) is 44.0 Å². The Kier molecular flexibility index (Phi) is 3.79. The number of nitrogens with zero attached hydrogens (tertiary/aromatic N) is 2. The van der Waals surface area contributed by atoms with Crippen molar-refractivity contribution < 1.29 is 13.2 Å². The minimum atomic E-state index is -4.48. The highest BCUT2D eigenvalue weighted by atomic mass is 19.4. The van der Waals surface area contributed by atoms with E-state index >= 15 is 0 Å². The average molecular weight is 375 g/mol. The van der Waals surface area contributed by atoms with Gasteiger partial charge in [-0.1, -0.05) is 6.07 Å². The second-order valence-electron chi connectivity index (χ2n) is 7.54. The van der Waals surface area contributed by atoms with Crippen molar-refractivity contribution in [3.05, 3.63) is 41.1 Å². The summed E-state index contributed by atoms with van der Waals surface area (Å²) in [7, 11) is 0. The van der Waals surface area contributed by atoms with Gasteiger partial charge in [-0.2, -0.15) is 18.2 Å². The van der Waals surface area contributed by atoms with Crippen molar-refractivity contribution in [1.29, 1.82) is 0 Å². The highest BCUT2D eigenvalue weighted by molar-refractivity contribution is 5.60. The fraction of sp³-hybridized carbons (Fsp3) is 0.474. The van der Waals surface area contributed by atoms with E-state index in [4.69, 9.17) is 0 Å². The molecule has 1 aromatic heterocycles. The van der Waals surface area contributed by atoms with Crippen molar-refractivity contribution in [1.82, 2.24) is 15.3 Å². The summed E-state index contributed by atoms with van der Waals surface area (Å²) < 4.78 is 39.8. The van der Waals surface area contributed by atoms with Crippen LogP contribution in [0.4, 0.5) is 30.6 Å². The van der Waals surface area contributed by atoms with Gasteiger partial charge in [0.15, 0.2) is 0 Å². The number of alkyl halides is 3. The lowest BCUT2D eigenvalue weighted by Gasteiger charge is -2.28. The molecule has 5 nitrogen and oxygen atoms in total. The topological polar surface area (TPSA) is 61.9 Å². The minimum absolute atomic E-state index is 0.0514. The van der Waals surface area contributed by atoms with Gasteiger partial charge in [0, 0.05) is 30.0 Å². The summed E-state index contributed by atoms with van der Waals surface area (Å²) in [5.74, 6) is 0.0208. The summed E-state index contributed by atoms with van der Waals surface area (Å²) in [6.45, 7) is 0. The van der Waals surface area contributed by atoms with Gasteiger partial charge in [0.2, 0.25) is 5.95 Å². The number of hydrogen-bond donors (Lipinski definition) is 3. The van der Waals surface area contributed by atoms with Crippen LogP contribution in [0.25, 0.3) is 0 Å². The van der Waals surface area contributed by atoms with Crippen LogP contribution in [0.3, 0.4) is 0 Å². The van der Waals surface area contributed by atoms with Crippen LogP contribution < -0.4 is 16.0 Å². The van der Waals surface area contributed by atoms with Gasteiger partial charge < -0.3 is 16.0 Å². The van der Waals surface area contributed by atoms with Crippen molar-refractivity contribution >= 4 is 17.5 Å². The first-order valence-electron chi connectivity index (χ1n) is 9.35. The molecule has 3 N–H and O–H groups in total. The van der Waals surface area contributed by atoms with Crippen LogP contribution in [0.2, 0.25) is 0 Å². The first-order valence-corrected chi connectivity index (χ1v) is 9.35. The molecule has 2 aromatic rings. The van der Waals surface area contributed by atoms with Gasteiger partial charge >= 0.3 is 6.18 Å². The number of benzene rings is 1. The van der Waals surface area contributed by atoms with E-state index in [0.29, 0.717) is 12.1 Å². The van der Waals surface area contributed by atoms with Crippen molar-refractivity contribution in [3.8, 4) is 0 Å². The van der Waals surface area contributed by atoms with E-state index in [1.54, 1.807) is 0 Å². The van der Waals surface area contributed by atoms with Gasteiger partial charge in [-0.3, -0.25) is 0 Å². The first kappa shape index (κ1) is 16.8. The smallest absolute Gasteiger partial charge is 0.367 e. The lowest BCUT2D eigenvalue weighted by molar-refractivity contribution is -0.137. The Hall–Kier alpha value is -2.35. The Morgan fingerprint density at radius 2 is 1.81 bits per heavy atom. The van der Waals surface area contributed by atoms with Crippen molar-refractivity contribution in [2.45, 2.75) is 56.4 Å². The molecule has 3 aliphatic rings. The maximum atomic E-state index is 13.3. The zero-order valence-electron chi connectivity index (χ0n) is 14.6. The van der Waals surface area contributed by atoms with Crippen molar-refractivity contribution in [3.63, 3.8) is 0 Å². The van der Waals surface area contributed by atoms with E-state index < -0.39 is 11.7 Å². The molecule has 0 amide bonds. The molecule has 1 aromatic carbocycles. The van der Waals surface area contributed by atoms with Crippen LogP contribution in [0.5, 0.6) is 0 Å². The largest absolute Gasteiger partial charge is 0.421 e. The number of anilines is 3. The quantitative estimate of drug-likeness (QED) is 0.724. The van der Waals surface area contributed by atoms with E-state index in [-0.39, 0.29) is 17.8 Å². The second kappa shape index (κ2) is 6.09. The minimum Gasteiger partial charge on any atom is -0.367 e. The molecule has 2 atom stereocenters. The van der Waals surface area contributed by atoms with E-state index in [1.807, 2.05) is 12.1 Å².